The summed E-state index contributed by atoms with van der Waals surface area (Å²) in [4.78, 5) is 14.9. The summed E-state index contributed by atoms with van der Waals surface area (Å²) in [6, 6.07) is 2.27. The topological polar surface area (TPSA) is 63.3 Å². The van der Waals surface area contributed by atoms with Gasteiger partial charge in [-0.25, -0.2) is 4.68 Å². The molecule has 2 aromatic heterocycles. The van der Waals surface area contributed by atoms with Gasteiger partial charge in [-0.2, -0.15) is 18.3 Å². The Morgan fingerprint density at radius 1 is 1.21 bits per heavy atom. The number of amides is 1. The van der Waals surface area contributed by atoms with Gasteiger partial charge in [0.15, 0.2) is 11.7 Å². The van der Waals surface area contributed by atoms with Crippen LogP contribution in [0, 0.1) is 5.92 Å². The van der Waals surface area contributed by atoms with Crippen molar-refractivity contribution in [3.8, 4) is 0 Å². The van der Waals surface area contributed by atoms with Crippen LogP contribution in [0.3, 0.4) is 0 Å². The normalized spacial score (nSPS) is 30.0. The number of nitrogens with one attached hydrogen (secondary N) is 1. The Morgan fingerprint density at radius 2 is 1.90 bits per heavy atom. The van der Waals surface area contributed by atoms with E-state index < -0.39 is 18.3 Å². The molecule has 0 saturated carbocycles. The molecule has 1 saturated heterocycles. The monoisotopic (exact) mass is 410 g/mol. The van der Waals surface area contributed by atoms with Crippen LogP contribution < -0.4 is 5.32 Å². The number of piperidine rings is 1. The van der Waals surface area contributed by atoms with E-state index in [0.717, 1.165) is 17.5 Å². The molecular formula is C20H25F3N4O2. The second kappa shape index (κ2) is 7.11. The standard InChI is InChI=1S/C20H25F3N4O2/c1-11-7-12(2)26(13(3)8-11)19(28)15-10-18-24-14(16-5-4-6-29-16)9-17(20(21,22)23)27(18)25-15/h4-6,10-14,17,24H,7-9H2,1-3H3/t12-,13-,14-,17-/m0/s1. The number of carbonyl (C=O) groups excluding carboxylic acids is 1. The summed E-state index contributed by atoms with van der Waals surface area (Å²) in [5.74, 6) is 0.779. The fraction of sp³-hybridized carbons (Fsp3) is 0.600. The van der Waals surface area contributed by atoms with Gasteiger partial charge in [0.05, 0.1) is 12.3 Å². The summed E-state index contributed by atoms with van der Waals surface area (Å²) in [5.41, 5.74) is 0.0371. The lowest BCUT2D eigenvalue weighted by atomic mass is 9.88. The summed E-state index contributed by atoms with van der Waals surface area (Å²) >= 11 is 0. The summed E-state index contributed by atoms with van der Waals surface area (Å²) < 4.78 is 47.5. The van der Waals surface area contributed by atoms with Crippen LogP contribution in [0.2, 0.25) is 0 Å². The van der Waals surface area contributed by atoms with E-state index in [1.807, 2.05) is 13.8 Å². The van der Waals surface area contributed by atoms with Crippen LogP contribution in [0.1, 0.15) is 68.4 Å². The average molecular weight is 410 g/mol. The molecule has 6 nitrogen and oxygen atoms in total. The molecule has 29 heavy (non-hydrogen) atoms. The lowest BCUT2D eigenvalue weighted by molar-refractivity contribution is -0.174. The molecule has 4 rings (SSSR count). The first-order chi connectivity index (χ1) is 13.6. The van der Waals surface area contributed by atoms with Gasteiger partial charge >= 0.3 is 6.18 Å². The lowest BCUT2D eigenvalue weighted by Crippen LogP contribution is -2.49. The molecular weight excluding hydrogens is 385 g/mol. The molecule has 4 atom stereocenters. The number of anilines is 1. The van der Waals surface area contributed by atoms with Gasteiger partial charge in [0.1, 0.15) is 11.6 Å². The second-order valence-corrected chi connectivity index (χ2v) is 8.35. The highest BCUT2D eigenvalue weighted by molar-refractivity contribution is 5.93. The number of rotatable bonds is 2. The van der Waals surface area contributed by atoms with Crippen molar-refractivity contribution < 1.29 is 22.4 Å². The minimum Gasteiger partial charge on any atom is -0.467 e. The van der Waals surface area contributed by atoms with Gasteiger partial charge in [0.25, 0.3) is 5.91 Å². The molecule has 9 heteroatoms. The van der Waals surface area contributed by atoms with Gasteiger partial charge in [-0.05, 0) is 44.7 Å². The van der Waals surface area contributed by atoms with Crippen LogP contribution in [0.15, 0.2) is 28.9 Å². The van der Waals surface area contributed by atoms with E-state index in [9.17, 15) is 18.0 Å². The van der Waals surface area contributed by atoms with Crippen molar-refractivity contribution in [3.05, 3.63) is 35.9 Å². The number of halogens is 3. The Hall–Kier alpha value is -2.45. The van der Waals surface area contributed by atoms with E-state index in [0.29, 0.717) is 11.7 Å². The van der Waals surface area contributed by atoms with Gasteiger partial charge in [0, 0.05) is 24.6 Å². The molecule has 158 valence electrons. The molecule has 0 aliphatic carbocycles. The van der Waals surface area contributed by atoms with Crippen LogP contribution in [-0.2, 0) is 0 Å². The van der Waals surface area contributed by atoms with Crippen molar-refractivity contribution in [1.82, 2.24) is 14.7 Å². The third-order valence-corrected chi connectivity index (χ3v) is 5.97. The van der Waals surface area contributed by atoms with E-state index in [4.69, 9.17) is 4.42 Å². The number of carbonyl (C=O) groups is 1. The zero-order chi connectivity index (χ0) is 20.9. The largest absolute Gasteiger partial charge is 0.467 e. The Kier molecular flexibility index (Phi) is 4.86. The summed E-state index contributed by atoms with van der Waals surface area (Å²) in [5, 5.41) is 7.13. The van der Waals surface area contributed by atoms with Gasteiger partial charge in [0.2, 0.25) is 0 Å². The number of alkyl halides is 3. The number of hydrogen-bond acceptors (Lipinski definition) is 4. The molecule has 0 bridgehead atoms. The highest BCUT2D eigenvalue weighted by atomic mass is 19.4. The van der Waals surface area contributed by atoms with Crippen molar-refractivity contribution in [2.45, 2.75) is 70.4 Å². The first-order valence-electron chi connectivity index (χ1n) is 9.94. The van der Waals surface area contributed by atoms with E-state index in [-0.39, 0.29) is 35.9 Å². The van der Waals surface area contributed by atoms with Crippen LogP contribution >= 0.6 is 0 Å². The van der Waals surface area contributed by atoms with Crippen molar-refractivity contribution >= 4 is 11.7 Å². The second-order valence-electron chi connectivity index (χ2n) is 8.35. The number of furan rings is 1. The van der Waals surface area contributed by atoms with E-state index in [2.05, 4.69) is 17.3 Å². The van der Waals surface area contributed by atoms with Crippen LogP contribution in [0.25, 0.3) is 0 Å². The van der Waals surface area contributed by atoms with Crippen molar-refractivity contribution in [2.75, 3.05) is 5.32 Å². The Bertz CT molecular complexity index is 865. The van der Waals surface area contributed by atoms with E-state index >= 15 is 0 Å². The van der Waals surface area contributed by atoms with E-state index in [1.54, 1.807) is 17.0 Å². The Morgan fingerprint density at radius 3 is 2.48 bits per heavy atom. The smallest absolute Gasteiger partial charge is 0.410 e. The number of nitrogens with zero attached hydrogens (tertiary/aromatic N) is 3. The van der Waals surface area contributed by atoms with Gasteiger partial charge in [-0.3, -0.25) is 4.79 Å². The minimum absolute atomic E-state index is 0.0159. The summed E-state index contributed by atoms with van der Waals surface area (Å²) in [6.45, 7) is 6.10. The molecule has 2 aliphatic rings. The number of hydrogen-bond donors (Lipinski definition) is 1. The molecule has 2 aliphatic heterocycles. The maximum Gasteiger partial charge on any atom is 0.410 e. The third-order valence-electron chi connectivity index (χ3n) is 5.97. The predicted octanol–water partition coefficient (Wildman–Crippen LogP) is 4.79. The molecule has 4 heterocycles. The van der Waals surface area contributed by atoms with Gasteiger partial charge in [-0.15, -0.1) is 0 Å². The molecule has 0 unspecified atom stereocenters. The van der Waals surface area contributed by atoms with Crippen molar-refractivity contribution in [2.24, 2.45) is 5.92 Å². The quantitative estimate of drug-likeness (QED) is 0.774. The number of likely N-dealkylation sites (tertiary alicyclic amines) is 1. The zero-order valence-electron chi connectivity index (χ0n) is 16.6. The highest BCUT2D eigenvalue weighted by Gasteiger charge is 2.47. The first-order valence-corrected chi connectivity index (χ1v) is 9.94. The van der Waals surface area contributed by atoms with Gasteiger partial charge in [-0.1, -0.05) is 6.92 Å². The molecule has 1 N–H and O–H groups in total. The molecule has 0 spiro atoms. The Labute approximate surface area is 167 Å². The highest BCUT2D eigenvalue weighted by Crippen LogP contribution is 2.44. The summed E-state index contributed by atoms with van der Waals surface area (Å²) in [6.07, 6.45) is -1.58. The van der Waals surface area contributed by atoms with Crippen molar-refractivity contribution in [1.29, 1.82) is 0 Å². The lowest BCUT2D eigenvalue weighted by Gasteiger charge is -2.41. The number of fused-ring (bicyclic) bond motifs is 1. The fourth-order valence-electron chi connectivity index (χ4n) is 4.81. The molecule has 2 aromatic rings. The minimum atomic E-state index is -4.49. The predicted molar refractivity (Wildman–Crippen MR) is 100 cm³/mol. The van der Waals surface area contributed by atoms with Crippen LogP contribution in [0.4, 0.5) is 19.0 Å². The Balaban J connectivity index is 1.66. The average Bonchev–Trinajstić information content (AvgIpc) is 3.28. The SMILES string of the molecule is CC1C[C@H](C)N(C(=O)c2cc3n(n2)[C@H](C(F)(F)F)C[C@@H](c2ccco2)N3)[C@@H](C)C1. The molecule has 1 amide bonds. The van der Waals surface area contributed by atoms with Crippen molar-refractivity contribution in [3.63, 3.8) is 0 Å². The van der Waals surface area contributed by atoms with Gasteiger partial charge < -0.3 is 14.6 Å². The zero-order valence-corrected chi connectivity index (χ0v) is 16.6. The van der Waals surface area contributed by atoms with Crippen LogP contribution in [-0.4, -0.2) is 38.8 Å². The molecule has 0 radical (unpaired) electrons. The number of aromatic nitrogens is 2. The molecule has 1 fully saturated rings. The first kappa shape index (κ1) is 19.8. The third kappa shape index (κ3) is 3.62. The molecule has 0 aromatic carbocycles. The maximum atomic E-state index is 13.8. The summed E-state index contributed by atoms with van der Waals surface area (Å²) in [7, 11) is 0. The van der Waals surface area contributed by atoms with E-state index in [1.165, 1.54) is 12.3 Å². The fourth-order valence-corrected chi connectivity index (χ4v) is 4.81. The maximum absolute atomic E-state index is 13.8. The van der Waals surface area contributed by atoms with Crippen LogP contribution in [0.5, 0.6) is 0 Å².